The van der Waals surface area contributed by atoms with Gasteiger partial charge in [-0.05, 0) is 124 Å². The smallest absolute Gasteiger partial charge is 0.247 e. The van der Waals surface area contributed by atoms with Gasteiger partial charge >= 0.3 is 0 Å². The standard InChI is InChI=1S/C35H60N4O/c1-7-37-20-11-21-38-22-23-39-32(40)27(14-10-12-25(2)3)31-28-15-16-30-33(4)18-9-8-13-26(33)17-19-34(30,5)35(28,6)24-29(31)36/h12,17,19,26,28-30,37-38H,7-11,13-16,18,20-24,36H2,1-6H3,(H,39,40)/b31-27-/t26?,28?,29?,30?,33?,34-,35?/m0/s1. The molecule has 0 aliphatic heterocycles. The maximum Gasteiger partial charge on any atom is 0.247 e. The van der Waals surface area contributed by atoms with Crippen LogP contribution in [0.3, 0.4) is 0 Å². The van der Waals surface area contributed by atoms with Crippen molar-refractivity contribution in [1.82, 2.24) is 16.0 Å². The van der Waals surface area contributed by atoms with Crippen molar-refractivity contribution < 1.29 is 4.79 Å². The molecule has 0 bridgehead atoms. The highest BCUT2D eigenvalue weighted by Crippen LogP contribution is 2.71. The van der Waals surface area contributed by atoms with Gasteiger partial charge in [-0.1, -0.05) is 64.3 Å². The molecule has 4 aliphatic carbocycles. The molecule has 0 radical (unpaired) electrons. The average Bonchev–Trinajstić information content (AvgIpc) is 3.18. The number of hydrogen-bond acceptors (Lipinski definition) is 4. The van der Waals surface area contributed by atoms with Crippen molar-refractivity contribution in [3.63, 3.8) is 0 Å². The molecule has 0 aromatic carbocycles. The van der Waals surface area contributed by atoms with E-state index >= 15 is 0 Å². The molecule has 0 spiro atoms. The maximum absolute atomic E-state index is 13.8. The number of rotatable bonds is 12. The molecule has 4 rings (SSSR count). The molecule has 0 aromatic heterocycles. The molecule has 3 saturated carbocycles. The Labute approximate surface area is 245 Å². The minimum absolute atomic E-state index is 0.0347. The van der Waals surface area contributed by atoms with Crippen LogP contribution in [-0.2, 0) is 4.79 Å². The van der Waals surface area contributed by atoms with E-state index in [0.29, 0.717) is 23.8 Å². The highest BCUT2D eigenvalue weighted by Gasteiger charge is 2.65. The van der Waals surface area contributed by atoms with E-state index in [4.69, 9.17) is 5.73 Å². The zero-order valence-electron chi connectivity index (χ0n) is 26.6. The molecular formula is C35H60N4O. The molecule has 0 aromatic rings. The fraction of sp³-hybridized carbons (Fsp3) is 0.800. The monoisotopic (exact) mass is 552 g/mol. The number of amides is 1. The Bertz CT molecular complexity index is 980. The lowest BCUT2D eigenvalue weighted by atomic mass is 9.40. The fourth-order valence-electron chi connectivity index (χ4n) is 9.52. The molecule has 4 aliphatic rings. The van der Waals surface area contributed by atoms with Crippen LogP contribution in [0, 0.1) is 34.0 Å². The van der Waals surface area contributed by atoms with E-state index in [2.05, 4.69) is 75.7 Å². The van der Waals surface area contributed by atoms with Crippen molar-refractivity contribution in [2.45, 2.75) is 112 Å². The van der Waals surface area contributed by atoms with Gasteiger partial charge in [0.25, 0.3) is 0 Å². The van der Waals surface area contributed by atoms with Crippen LogP contribution in [-0.4, -0.2) is 44.7 Å². The number of carbonyl (C=O) groups excluding carboxylic acids is 1. The van der Waals surface area contributed by atoms with E-state index in [-0.39, 0.29) is 22.8 Å². The van der Waals surface area contributed by atoms with Gasteiger partial charge in [0.05, 0.1) is 0 Å². The van der Waals surface area contributed by atoms with Crippen LogP contribution in [0.2, 0.25) is 0 Å². The van der Waals surface area contributed by atoms with Crippen molar-refractivity contribution in [1.29, 1.82) is 0 Å². The van der Waals surface area contributed by atoms with E-state index in [9.17, 15) is 4.79 Å². The average molecular weight is 553 g/mol. The molecule has 0 heterocycles. The minimum Gasteiger partial charge on any atom is -0.351 e. The van der Waals surface area contributed by atoms with Gasteiger partial charge in [-0.3, -0.25) is 4.79 Å². The third kappa shape index (κ3) is 6.03. The second-order valence-corrected chi connectivity index (χ2v) is 14.4. The number of fused-ring (bicyclic) bond motifs is 5. The zero-order valence-corrected chi connectivity index (χ0v) is 26.6. The Hall–Kier alpha value is -1.43. The van der Waals surface area contributed by atoms with Gasteiger partial charge in [0.1, 0.15) is 0 Å². The van der Waals surface area contributed by atoms with Gasteiger partial charge in [-0.15, -0.1) is 0 Å². The summed E-state index contributed by atoms with van der Waals surface area (Å²) >= 11 is 0. The summed E-state index contributed by atoms with van der Waals surface area (Å²) in [6.45, 7) is 18.6. The first-order valence-electron chi connectivity index (χ1n) is 16.6. The lowest BCUT2D eigenvalue weighted by Crippen LogP contribution is -2.57. The summed E-state index contributed by atoms with van der Waals surface area (Å²) in [4.78, 5) is 13.8. The lowest BCUT2D eigenvalue weighted by molar-refractivity contribution is -0.118. The van der Waals surface area contributed by atoms with E-state index in [1.54, 1.807) is 0 Å². The van der Waals surface area contributed by atoms with Crippen molar-refractivity contribution in [2.24, 2.45) is 39.7 Å². The van der Waals surface area contributed by atoms with Crippen molar-refractivity contribution in [3.8, 4) is 0 Å². The van der Waals surface area contributed by atoms with E-state index in [1.165, 1.54) is 49.7 Å². The predicted octanol–water partition coefficient (Wildman–Crippen LogP) is 6.27. The van der Waals surface area contributed by atoms with Crippen molar-refractivity contribution in [2.75, 3.05) is 32.7 Å². The van der Waals surface area contributed by atoms with Gasteiger partial charge in [0, 0.05) is 24.7 Å². The summed E-state index contributed by atoms with van der Waals surface area (Å²) in [6, 6.07) is -0.0347. The highest BCUT2D eigenvalue weighted by atomic mass is 16.1. The Morgan fingerprint density at radius 2 is 1.82 bits per heavy atom. The van der Waals surface area contributed by atoms with Crippen LogP contribution in [0.4, 0.5) is 0 Å². The Morgan fingerprint density at radius 3 is 2.58 bits per heavy atom. The molecular weight excluding hydrogens is 492 g/mol. The fourth-order valence-corrected chi connectivity index (χ4v) is 9.52. The van der Waals surface area contributed by atoms with Gasteiger partial charge < -0.3 is 21.7 Å². The van der Waals surface area contributed by atoms with E-state index in [0.717, 1.165) is 63.4 Å². The van der Waals surface area contributed by atoms with Crippen LogP contribution in [0.25, 0.3) is 0 Å². The first-order chi connectivity index (χ1) is 19.1. The number of nitrogens with two attached hydrogens (primary N) is 1. The second-order valence-electron chi connectivity index (χ2n) is 14.4. The van der Waals surface area contributed by atoms with Crippen LogP contribution in [0.15, 0.2) is 34.9 Å². The lowest BCUT2D eigenvalue weighted by Gasteiger charge is -2.64. The Balaban J connectivity index is 1.56. The molecule has 5 nitrogen and oxygen atoms in total. The summed E-state index contributed by atoms with van der Waals surface area (Å²) in [7, 11) is 0. The summed E-state index contributed by atoms with van der Waals surface area (Å²) in [5.74, 6) is 1.92. The van der Waals surface area contributed by atoms with Gasteiger partial charge in [-0.25, -0.2) is 0 Å². The molecule has 5 N–H and O–H groups in total. The third-order valence-corrected chi connectivity index (χ3v) is 11.8. The first-order valence-corrected chi connectivity index (χ1v) is 16.6. The zero-order chi connectivity index (χ0) is 29.0. The molecule has 1 amide bonds. The topological polar surface area (TPSA) is 79.2 Å². The highest BCUT2D eigenvalue weighted by molar-refractivity contribution is 5.94. The largest absolute Gasteiger partial charge is 0.351 e. The minimum atomic E-state index is -0.0347. The van der Waals surface area contributed by atoms with Crippen LogP contribution in [0.5, 0.6) is 0 Å². The Kier molecular flexibility index (Phi) is 10.4. The molecule has 7 atom stereocenters. The molecule has 3 fully saturated rings. The predicted molar refractivity (Wildman–Crippen MR) is 169 cm³/mol. The normalized spacial score (nSPS) is 37.8. The molecule has 0 saturated heterocycles. The quantitative estimate of drug-likeness (QED) is 0.131. The number of nitrogens with one attached hydrogen (secondary N) is 3. The third-order valence-electron chi connectivity index (χ3n) is 11.8. The number of allylic oxidation sites excluding steroid dienone is 4. The van der Waals surface area contributed by atoms with Crippen LogP contribution < -0.4 is 21.7 Å². The summed E-state index contributed by atoms with van der Waals surface area (Å²) in [5.41, 5.74) is 11.3. The van der Waals surface area contributed by atoms with Gasteiger partial charge in [0.15, 0.2) is 0 Å². The molecule has 226 valence electrons. The molecule has 5 heteroatoms. The van der Waals surface area contributed by atoms with Crippen molar-refractivity contribution >= 4 is 5.91 Å². The molecule has 40 heavy (non-hydrogen) atoms. The summed E-state index contributed by atoms with van der Waals surface area (Å²) in [6.07, 6.45) is 19.1. The van der Waals surface area contributed by atoms with Crippen LogP contribution in [0.1, 0.15) is 106 Å². The SMILES string of the molecule is CCNCCCNCCNC(=O)/C(CCC=C(C)C)=C1\C(N)CC2(C)C1CCC1C3(C)CCCCC3C=C[C@@]12C. The van der Waals surface area contributed by atoms with Crippen molar-refractivity contribution in [3.05, 3.63) is 34.9 Å². The van der Waals surface area contributed by atoms with Gasteiger partial charge in [-0.2, -0.15) is 0 Å². The summed E-state index contributed by atoms with van der Waals surface area (Å²) < 4.78 is 0. The maximum atomic E-state index is 13.8. The van der Waals surface area contributed by atoms with E-state index in [1.807, 2.05) is 0 Å². The first kappa shape index (κ1) is 31.5. The Morgan fingerprint density at radius 1 is 1.05 bits per heavy atom. The summed E-state index contributed by atoms with van der Waals surface area (Å²) in [5, 5.41) is 10.1. The number of hydrogen-bond donors (Lipinski definition) is 4. The van der Waals surface area contributed by atoms with Crippen LogP contribution >= 0.6 is 0 Å². The molecule has 6 unspecified atom stereocenters. The number of carbonyl (C=O) groups is 1. The van der Waals surface area contributed by atoms with Gasteiger partial charge in [0.2, 0.25) is 5.91 Å². The van der Waals surface area contributed by atoms with E-state index < -0.39 is 0 Å². The second kappa shape index (κ2) is 13.3.